The number of carbonyl (C=O) groups is 1. The van der Waals surface area contributed by atoms with Crippen molar-refractivity contribution in [3.63, 3.8) is 0 Å². The lowest BCUT2D eigenvalue weighted by Gasteiger charge is -2.09. The fraction of sp³-hybridized carbons (Fsp3) is 0.100. The number of hydrogen-bond acceptors (Lipinski definition) is 5. The second kappa shape index (κ2) is 8.45. The molecular weight excluding hydrogens is 340 g/mol. The van der Waals surface area contributed by atoms with Crippen molar-refractivity contribution in [3.05, 3.63) is 83.0 Å². The second-order valence-electron chi connectivity index (χ2n) is 5.97. The lowest BCUT2D eigenvalue weighted by Crippen LogP contribution is -2.34. The quantitative estimate of drug-likeness (QED) is 0.607. The zero-order valence-corrected chi connectivity index (χ0v) is 14.7. The molecule has 134 valence electrons. The van der Waals surface area contributed by atoms with E-state index in [-0.39, 0.29) is 0 Å². The lowest BCUT2D eigenvalue weighted by atomic mass is 10.1. The first-order valence-electron chi connectivity index (χ1n) is 8.34. The summed E-state index contributed by atoms with van der Waals surface area (Å²) in [6.45, 7) is 2.05. The number of aryl methyl sites for hydroxylation is 1. The SMILES string of the molecule is Cc1ccc(Cc2ccc(NNC(=O)Nc3ccc(C#N)cc3)nn2)cc1. The predicted octanol–water partition coefficient (Wildman–Crippen LogP) is 3.40. The molecule has 3 aromatic rings. The Morgan fingerprint density at radius 2 is 1.74 bits per heavy atom. The Balaban J connectivity index is 1.49. The Bertz CT molecular complexity index is 944. The fourth-order valence-corrected chi connectivity index (χ4v) is 2.35. The van der Waals surface area contributed by atoms with Gasteiger partial charge in [-0.05, 0) is 48.9 Å². The topological polar surface area (TPSA) is 103 Å². The van der Waals surface area contributed by atoms with E-state index in [1.54, 1.807) is 30.3 Å². The Morgan fingerprint density at radius 1 is 1.00 bits per heavy atom. The average Bonchev–Trinajstić information content (AvgIpc) is 2.70. The third-order valence-electron chi connectivity index (χ3n) is 3.80. The van der Waals surface area contributed by atoms with Crippen LogP contribution >= 0.6 is 0 Å². The summed E-state index contributed by atoms with van der Waals surface area (Å²) >= 11 is 0. The molecule has 0 aliphatic heterocycles. The minimum absolute atomic E-state index is 0.428. The number of anilines is 2. The number of hydrazine groups is 1. The van der Waals surface area contributed by atoms with Gasteiger partial charge in [-0.2, -0.15) is 10.4 Å². The summed E-state index contributed by atoms with van der Waals surface area (Å²) in [5.41, 5.74) is 9.51. The highest BCUT2D eigenvalue weighted by Gasteiger charge is 2.03. The van der Waals surface area contributed by atoms with Crippen molar-refractivity contribution in [3.8, 4) is 6.07 Å². The molecule has 0 radical (unpaired) electrons. The van der Waals surface area contributed by atoms with Crippen LogP contribution < -0.4 is 16.2 Å². The van der Waals surface area contributed by atoms with Gasteiger partial charge < -0.3 is 5.32 Å². The van der Waals surface area contributed by atoms with E-state index >= 15 is 0 Å². The van der Waals surface area contributed by atoms with Crippen molar-refractivity contribution in [1.29, 1.82) is 5.26 Å². The Morgan fingerprint density at radius 3 is 2.37 bits per heavy atom. The minimum atomic E-state index is -0.453. The molecule has 0 spiro atoms. The molecule has 0 aliphatic rings. The number of rotatable bonds is 5. The molecule has 0 unspecified atom stereocenters. The largest absolute Gasteiger partial charge is 0.337 e. The highest BCUT2D eigenvalue weighted by atomic mass is 16.2. The van der Waals surface area contributed by atoms with Crippen molar-refractivity contribution in [2.75, 3.05) is 10.7 Å². The van der Waals surface area contributed by atoms with E-state index in [0.717, 1.165) is 11.3 Å². The van der Waals surface area contributed by atoms with Crippen LogP contribution in [0.15, 0.2) is 60.7 Å². The molecule has 2 aromatic carbocycles. The van der Waals surface area contributed by atoms with Gasteiger partial charge in [0.2, 0.25) is 0 Å². The second-order valence-corrected chi connectivity index (χ2v) is 5.97. The van der Waals surface area contributed by atoms with Crippen molar-refractivity contribution < 1.29 is 4.79 Å². The van der Waals surface area contributed by atoms with E-state index < -0.39 is 6.03 Å². The number of urea groups is 1. The molecule has 27 heavy (non-hydrogen) atoms. The number of nitrogens with one attached hydrogen (secondary N) is 3. The number of carbonyl (C=O) groups excluding carboxylic acids is 1. The highest BCUT2D eigenvalue weighted by molar-refractivity contribution is 5.89. The standard InChI is InChI=1S/C20H18N6O/c1-14-2-4-15(5-3-14)12-18-10-11-19(24-23-18)25-26-20(27)22-17-8-6-16(13-21)7-9-17/h2-11H,12H2,1H3,(H,24,25)(H2,22,26,27). The number of nitrogens with zero attached hydrogens (tertiary/aromatic N) is 3. The molecule has 0 saturated carbocycles. The van der Waals surface area contributed by atoms with Crippen LogP contribution in [0.5, 0.6) is 0 Å². The summed E-state index contributed by atoms with van der Waals surface area (Å²) in [6.07, 6.45) is 0.695. The number of aromatic nitrogens is 2. The van der Waals surface area contributed by atoms with E-state index in [1.807, 2.05) is 12.1 Å². The molecule has 7 heteroatoms. The maximum absolute atomic E-state index is 11.9. The van der Waals surface area contributed by atoms with Crippen LogP contribution in [0, 0.1) is 18.3 Å². The number of amides is 2. The maximum Gasteiger partial charge on any atom is 0.337 e. The third kappa shape index (κ3) is 5.28. The molecule has 7 nitrogen and oxygen atoms in total. The number of benzene rings is 2. The van der Waals surface area contributed by atoms with Gasteiger partial charge in [-0.3, -0.25) is 5.43 Å². The summed E-state index contributed by atoms with van der Waals surface area (Å²) in [5, 5.41) is 19.6. The van der Waals surface area contributed by atoms with Gasteiger partial charge in [0.15, 0.2) is 5.82 Å². The highest BCUT2D eigenvalue weighted by Crippen LogP contribution is 2.10. The van der Waals surface area contributed by atoms with E-state index in [0.29, 0.717) is 23.5 Å². The van der Waals surface area contributed by atoms with Gasteiger partial charge in [-0.25, -0.2) is 10.2 Å². The molecule has 0 saturated heterocycles. The van der Waals surface area contributed by atoms with Gasteiger partial charge in [-0.1, -0.05) is 29.8 Å². The Labute approximate surface area is 157 Å². The Hall–Kier alpha value is -3.92. The minimum Gasteiger partial charge on any atom is -0.307 e. The summed E-state index contributed by atoms with van der Waals surface area (Å²) in [4.78, 5) is 11.9. The summed E-state index contributed by atoms with van der Waals surface area (Å²) in [5.74, 6) is 0.428. The molecule has 0 aliphatic carbocycles. The first kappa shape index (κ1) is 17.9. The monoisotopic (exact) mass is 358 g/mol. The van der Waals surface area contributed by atoms with Crippen LogP contribution in [0.25, 0.3) is 0 Å². The van der Waals surface area contributed by atoms with E-state index in [2.05, 4.69) is 57.6 Å². The van der Waals surface area contributed by atoms with Crippen molar-refractivity contribution >= 4 is 17.5 Å². The summed E-state index contributed by atoms with van der Waals surface area (Å²) < 4.78 is 0. The molecule has 0 fully saturated rings. The fourth-order valence-electron chi connectivity index (χ4n) is 2.35. The van der Waals surface area contributed by atoms with Crippen LogP contribution in [0.3, 0.4) is 0 Å². The molecule has 2 amide bonds. The maximum atomic E-state index is 11.9. The van der Waals surface area contributed by atoms with Gasteiger partial charge in [0, 0.05) is 12.1 Å². The third-order valence-corrected chi connectivity index (χ3v) is 3.80. The normalized spacial score (nSPS) is 9.93. The van der Waals surface area contributed by atoms with Crippen LogP contribution in [0.1, 0.15) is 22.4 Å². The first-order chi connectivity index (χ1) is 13.1. The van der Waals surface area contributed by atoms with Gasteiger partial charge in [0.25, 0.3) is 0 Å². The Kier molecular flexibility index (Phi) is 5.60. The molecule has 3 rings (SSSR count). The zero-order chi connectivity index (χ0) is 19.1. The van der Waals surface area contributed by atoms with E-state index in [1.165, 1.54) is 5.56 Å². The van der Waals surface area contributed by atoms with Gasteiger partial charge in [0.1, 0.15) is 0 Å². The van der Waals surface area contributed by atoms with Crippen molar-refractivity contribution in [2.45, 2.75) is 13.3 Å². The van der Waals surface area contributed by atoms with Crippen molar-refractivity contribution in [2.24, 2.45) is 0 Å². The molecule has 1 aromatic heterocycles. The smallest absolute Gasteiger partial charge is 0.307 e. The molecule has 0 atom stereocenters. The van der Waals surface area contributed by atoms with Crippen molar-refractivity contribution in [1.82, 2.24) is 15.6 Å². The molecule has 1 heterocycles. The van der Waals surface area contributed by atoms with Gasteiger partial charge >= 0.3 is 6.03 Å². The molecule has 3 N–H and O–H groups in total. The summed E-state index contributed by atoms with van der Waals surface area (Å²) in [7, 11) is 0. The zero-order valence-electron chi connectivity index (χ0n) is 14.7. The lowest BCUT2D eigenvalue weighted by molar-refractivity contribution is 0.254. The van der Waals surface area contributed by atoms with Gasteiger partial charge in [0.05, 0.1) is 17.3 Å². The average molecular weight is 358 g/mol. The van der Waals surface area contributed by atoms with Crippen LogP contribution in [0.2, 0.25) is 0 Å². The number of nitriles is 1. The van der Waals surface area contributed by atoms with E-state index in [9.17, 15) is 4.79 Å². The molecule has 0 bridgehead atoms. The van der Waals surface area contributed by atoms with Crippen LogP contribution in [-0.4, -0.2) is 16.2 Å². The first-order valence-corrected chi connectivity index (χ1v) is 8.34. The predicted molar refractivity (Wildman–Crippen MR) is 103 cm³/mol. The van der Waals surface area contributed by atoms with Gasteiger partial charge in [-0.15, -0.1) is 5.10 Å². The summed E-state index contributed by atoms with van der Waals surface area (Å²) in [6, 6.07) is 20.0. The number of hydrogen-bond donors (Lipinski definition) is 3. The van der Waals surface area contributed by atoms with Crippen LogP contribution in [-0.2, 0) is 6.42 Å². The van der Waals surface area contributed by atoms with E-state index in [4.69, 9.17) is 5.26 Å². The van der Waals surface area contributed by atoms with Crippen LogP contribution in [0.4, 0.5) is 16.3 Å². The molecular formula is C20H18N6O.